The monoisotopic (exact) mass is 566 g/mol. The molecule has 2 aromatic rings. The molecule has 0 fully saturated rings. The lowest BCUT2D eigenvalue weighted by molar-refractivity contribution is -0.147. The number of fused-ring (bicyclic) bond motifs is 1. The molecular weight excluding hydrogens is 540 g/mol. The molecule has 1 aliphatic heterocycles. The van der Waals surface area contributed by atoms with E-state index in [-0.39, 0.29) is 46.9 Å². The van der Waals surface area contributed by atoms with Gasteiger partial charge in [0.05, 0.1) is 24.1 Å². The zero-order valence-electron chi connectivity index (χ0n) is 20.7. The number of amides is 1. The van der Waals surface area contributed by atoms with Gasteiger partial charge < -0.3 is 14.6 Å². The first kappa shape index (κ1) is 29.0. The number of carboxylic acid groups (broad SMARTS) is 1. The van der Waals surface area contributed by atoms with Crippen molar-refractivity contribution in [3.8, 4) is 5.75 Å². The van der Waals surface area contributed by atoms with E-state index in [1.165, 1.54) is 25.1 Å². The number of carbonyl (C=O) groups is 2. The number of hydrogen-bond donors (Lipinski definition) is 2. The van der Waals surface area contributed by atoms with E-state index in [0.29, 0.717) is 13.1 Å². The molecule has 1 amide bonds. The number of rotatable bonds is 9. The predicted octanol–water partition coefficient (Wildman–Crippen LogP) is 4.39. The van der Waals surface area contributed by atoms with Crippen molar-refractivity contribution < 1.29 is 50.1 Å². The first-order chi connectivity index (χ1) is 17.4. The number of aromatic nitrogens is 2. The largest absolute Gasteiger partial charge is 0.486 e. The Balaban J connectivity index is 1.99. The lowest BCUT2D eigenvalue weighted by Crippen LogP contribution is -2.45. The molecule has 0 saturated carbocycles. The van der Waals surface area contributed by atoms with Crippen molar-refractivity contribution >= 4 is 33.5 Å². The Labute approximate surface area is 215 Å². The number of carbonyl (C=O) groups excluding carboxylic acids is 1. The standard InChI is InChI=1S/C22H26F4N4O7S/c1-12-17(11-29(28-12)19(23)24)38(34,35)30-10-14(6-8-18(31)32)36-16-7-5-13(9-15(16)30)27-20(33)37-21(2,3)22(4,25)26/h5,7,9,11,14,19H,6,8,10H2,1-4H3,(H,27,33)(H,31,32)/t14-/m0/s1. The number of anilines is 2. The van der Waals surface area contributed by atoms with Crippen molar-refractivity contribution in [2.75, 3.05) is 16.2 Å². The van der Waals surface area contributed by atoms with Crippen LogP contribution in [0.3, 0.4) is 0 Å². The number of nitrogens with one attached hydrogen (secondary N) is 1. The number of halogens is 4. The number of nitrogens with zero attached hydrogens (tertiary/aromatic N) is 3. The number of alkyl halides is 4. The van der Waals surface area contributed by atoms with E-state index in [1.54, 1.807) is 0 Å². The maximum Gasteiger partial charge on any atom is 0.412 e. The Bertz CT molecular complexity index is 1330. The van der Waals surface area contributed by atoms with Crippen LogP contribution >= 0.6 is 0 Å². The van der Waals surface area contributed by atoms with E-state index in [4.69, 9.17) is 14.6 Å². The van der Waals surface area contributed by atoms with Gasteiger partial charge in [-0.25, -0.2) is 26.7 Å². The molecule has 0 bridgehead atoms. The minimum absolute atomic E-state index is 0.00606. The quantitative estimate of drug-likeness (QED) is 0.426. The number of aliphatic carboxylic acids is 1. The molecule has 38 heavy (non-hydrogen) atoms. The number of ether oxygens (including phenoxy) is 2. The van der Waals surface area contributed by atoms with Crippen LogP contribution in [-0.4, -0.2) is 59.5 Å². The lowest BCUT2D eigenvalue weighted by Gasteiger charge is -2.35. The van der Waals surface area contributed by atoms with Crippen LogP contribution in [0.1, 0.15) is 45.9 Å². The van der Waals surface area contributed by atoms with Gasteiger partial charge in [-0.05, 0) is 45.4 Å². The Morgan fingerprint density at radius 2 is 1.95 bits per heavy atom. The molecule has 0 unspecified atom stereocenters. The number of carboxylic acids is 1. The van der Waals surface area contributed by atoms with Gasteiger partial charge in [0.1, 0.15) is 16.7 Å². The van der Waals surface area contributed by atoms with Gasteiger partial charge in [-0.3, -0.25) is 14.4 Å². The molecule has 2 N–H and O–H groups in total. The minimum Gasteiger partial charge on any atom is -0.486 e. The highest BCUT2D eigenvalue weighted by molar-refractivity contribution is 7.92. The summed E-state index contributed by atoms with van der Waals surface area (Å²) in [6.45, 7) is 0.360. The third-order valence-corrected chi connectivity index (χ3v) is 7.74. The number of hydrogen-bond acceptors (Lipinski definition) is 7. The van der Waals surface area contributed by atoms with Gasteiger partial charge in [0.2, 0.25) is 0 Å². The fourth-order valence-corrected chi connectivity index (χ4v) is 5.11. The molecule has 11 nitrogen and oxygen atoms in total. The van der Waals surface area contributed by atoms with Crippen LogP contribution in [0.25, 0.3) is 0 Å². The highest BCUT2D eigenvalue weighted by atomic mass is 32.2. The van der Waals surface area contributed by atoms with Crippen molar-refractivity contribution in [3.63, 3.8) is 0 Å². The molecule has 1 aromatic heterocycles. The molecule has 0 aliphatic carbocycles. The molecule has 1 atom stereocenters. The Morgan fingerprint density at radius 3 is 2.50 bits per heavy atom. The number of aryl methyl sites for hydroxylation is 1. The summed E-state index contributed by atoms with van der Waals surface area (Å²) in [4.78, 5) is 22.8. The zero-order valence-corrected chi connectivity index (χ0v) is 21.6. The molecule has 16 heteroatoms. The van der Waals surface area contributed by atoms with Gasteiger partial charge in [-0.15, -0.1) is 0 Å². The summed E-state index contributed by atoms with van der Waals surface area (Å²) in [5.74, 6) is -4.51. The summed E-state index contributed by atoms with van der Waals surface area (Å²) in [5.41, 5.74) is -2.53. The van der Waals surface area contributed by atoms with Gasteiger partial charge in [-0.1, -0.05) is 0 Å². The summed E-state index contributed by atoms with van der Waals surface area (Å²) in [7, 11) is -4.54. The number of benzene rings is 1. The van der Waals surface area contributed by atoms with E-state index in [2.05, 4.69) is 10.4 Å². The minimum atomic E-state index is -4.54. The third kappa shape index (κ3) is 6.11. The average Bonchev–Trinajstić information content (AvgIpc) is 3.18. The van der Waals surface area contributed by atoms with Crippen LogP contribution in [0, 0.1) is 6.92 Å². The average molecular weight is 567 g/mol. The summed E-state index contributed by atoms with van der Waals surface area (Å²) < 4.78 is 92.5. The van der Waals surface area contributed by atoms with E-state index in [0.717, 1.165) is 18.2 Å². The fourth-order valence-electron chi connectivity index (χ4n) is 3.45. The summed E-state index contributed by atoms with van der Waals surface area (Å²) >= 11 is 0. The van der Waals surface area contributed by atoms with E-state index < -0.39 is 51.2 Å². The van der Waals surface area contributed by atoms with Gasteiger partial charge >= 0.3 is 18.6 Å². The van der Waals surface area contributed by atoms with Gasteiger partial charge in [0, 0.05) is 19.0 Å². The molecular formula is C22H26F4N4O7S. The van der Waals surface area contributed by atoms with Crippen LogP contribution in [0.5, 0.6) is 5.75 Å². The highest BCUT2D eigenvalue weighted by Crippen LogP contribution is 2.40. The smallest absolute Gasteiger partial charge is 0.412 e. The van der Waals surface area contributed by atoms with Crippen LogP contribution < -0.4 is 14.4 Å². The van der Waals surface area contributed by atoms with Crippen LogP contribution in [-0.2, 0) is 19.6 Å². The topological polar surface area (TPSA) is 140 Å². The van der Waals surface area contributed by atoms with Gasteiger partial charge in [-0.2, -0.15) is 13.9 Å². The Hall–Kier alpha value is -3.56. The van der Waals surface area contributed by atoms with Crippen molar-refractivity contribution in [1.29, 1.82) is 0 Å². The zero-order chi connectivity index (χ0) is 28.6. The summed E-state index contributed by atoms with van der Waals surface area (Å²) in [6.07, 6.45) is -1.88. The molecule has 1 aliphatic rings. The summed E-state index contributed by atoms with van der Waals surface area (Å²) in [6, 6.07) is 3.75. The normalized spacial score (nSPS) is 16.1. The van der Waals surface area contributed by atoms with E-state index in [1.807, 2.05) is 0 Å². The highest BCUT2D eigenvalue weighted by Gasteiger charge is 2.46. The molecule has 1 aromatic carbocycles. The number of sulfonamides is 1. The fraction of sp³-hybridized carbons (Fsp3) is 0.500. The van der Waals surface area contributed by atoms with Crippen molar-refractivity contribution in [1.82, 2.24) is 9.78 Å². The van der Waals surface area contributed by atoms with Crippen molar-refractivity contribution in [3.05, 3.63) is 30.1 Å². The van der Waals surface area contributed by atoms with E-state index >= 15 is 0 Å². The first-order valence-electron chi connectivity index (χ1n) is 11.2. The third-order valence-electron chi connectivity index (χ3n) is 5.86. The van der Waals surface area contributed by atoms with Crippen LogP contribution in [0.15, 0.2) is 29.3 Å². The SMILES string of the molecule is Cc1nn(C(F)F)cc1S(=O)(=O)N1C[C@H](CCC(=O)O)Oc2ccc(NC(=O)OC(C)(C)C(C)(F)F)cc21. The van der Waals surface area contributed by atoms with Crippen LogP contribution in [0.2, 0.25) is 0 Å². The van der Waals surface area contributed by atoms with Gasteiger partial charge in [0.25, 0.3) is 15.9 Å². The molecule has 0 spiro atoms. The molecule has 2 heterocycles. The van der Waals surface area contributed by atoms with E-state index in [9.17, 15) is 35.6 Å². The van der Waals surface area contributed by atoms with Crippen molar-refractivity contribution in [2.45, 2.75) is 69.6 Å². The summed E-state index contributed by atoms with van der Waals surface area (Å²) in [5, 5.41) is 14.8. The predicted molar refractivity (Wildman–Crippen MR) is 125 cm³/mol. The molecule has 0 radical (unpaired) electrons. The van der Waals surface area contributed by atoms with Gasteiger partial charge in [0.15, 0.2) is 5.60 Å². The second kappa shape index (κ2) is 10.3. The Morgan fingerprint density at radius 1 is 1.29 bits per heavy atom. The second-order valence-electron chi connectivity index (χ2n) is 9.14. The van der Waals surface area contributed by atoms with Crippen molar-refractivity contribution in [2.24, 2.45) is 0 Å². The second-order valence-corrected chi connectivity index (χ2v) is 11.0. The maximum atomic E-state index is 13.7. The Kier molecular flexibility index (Phi) is 7.86. The molecule has 210 valence electrons. The first-order valence-corrected chi connectivity index (χ1v) is 12.6. The van der Waals surface area contributed by atoms with Crippen LogP contribution in [0.4, 0.5) is 33.7 Å². The maximum absolute atomic E-state index is 13.7. The molecule has 0 saturated heterocycles. The molecule has 3 rings (SSSR count). The lowest BCUT2D eigenvalue weighted by atomic mass is 10.0.